The highest BCUT2D eigenvalue weighted by Gasteiger charge is 2.20. The number of amides is 3. The molecule has 4 aromatic rings. The van der Waals surface area contributed by atoms with Crippen molar-refractivity contribution in [2.75, 3.05) is 44.5 Å². The molecule has 0 fully saturated rings. The SMILES string of the molecule is CNC(=O)c1ccc(/C=C/C(=O)NCC(=O)N(C)c2ccc(Cl)c(COc3cccc4c(N(C)C)cc(C)nc34)c2Cl)cc1.Cl. The van der Waals surface area contributed by atoms with Gasteiger partial charge in [0.25, 0.3) is 5.91 Å². The molecule has 1 aromatic heterocycles. The summed E-state index contributed by atoms with van der Waals surface area (Å²) in [5.74, 6) is -0.454. The van der Waals surface area contributed by atoms with Gasteiger partial charge < -0.3 is 25.2 Å². The number of ether oxygens (including phenoxy) is 1. The molecule has 0 bridgehead atoms. The third kappa shape index (κ3) is 8.45. The maximum absolute atomic E-state index is 13.0. The van der Waals surface area contributed by atoms with E-state index in [1.54, 1.807) is 56.6 Å². The van der Waals surface area contributed by atoms with Gasteiger partial charge in [-0.1, -0.05) is 47.5 Å². The van der Waals surface area contributed by atoms with Crippen LogP contribution < -0.4 is 25.2 Å². The lowest BCUT2D eigenvalue weighted by molar-refractivity contribution is -0.122. The van der Waals surface area contributed by atoms with E-state index < -0.39 is 5.91 Å². The second kappa shape index (κ2) is 15.6. The lowest BCUT2D eigenvalue weighted by Crippen LogP contribution is -2.37. The molecule has 12 heteroatoms. The number of carbonyl (C=O) groups is 3. The van der Waals surface area contributed by atoms with E-state index in [1.807, 2.05) is 50.2 Å². The number of fused-ring (bicyclic) bond motifs is 1. The van der Waals surface area contributed by atoms with Gasteiger partial charge in [-0.05, 0) is 55.0 Å². The van der Waals surface area contributed by atoms with Gasteiger partial charge >= 0.3 is 0 Å². The van der Waals surface area contributed by atoms with Crippen molar-refractivity contribution < 1.29 is 19.1 Å². The van der Waals surface area contributed by atoms with Gasteiger partial charge in [0.2, 0.25) is 11.8 Å². The number of benzene rings is 3. The summed E-state index contributed by atoms with van der Waals surface area (Å²) in [6, 6.07) is 17.8. The van der Waals surface area contributed by atoms with Gasteiger partial charge in [-0.2, -0.15) is 0 Å². The fourth-order valence-electron chi connectivity index (χ4n) is 4.48. The molecule has 0 saturated heterocycles. The third-order valence-electron chi connectivity index (χ3n) is 6.90. The van der Waals surface area contributed by atoms with Crippen LogP contribution in [0.4, 0.5) is 11.4 Å². The Hall–Kier alpha value is -4.31. The Morgan fingerprint density at radius 3 is 2.36 bits per heavy atom. The molecule has 0 radical (unpaired) electrons. The molecule has 4 rings (SSSR count). The molecular weight excluding hydrogens is 637 g/mol. The van der Waals surface area contributed by atoms with Crippen molar-refractivity contribution >= 4 is 81.7 Å². The first kappa shape index (κ1) is 35.2. The summed E-state index contributed by atoms with van der Waals surface area (Å²) in [4.78, 5) is 45.1. The maximum Gasteiger partial charge on any atom is 0.251 e. The monoisotopic (exact) mass is 669 g/mol. The van der Waals surface area contributed by atoms with Crippen LogP contribution in [0, 0.1) is 6.92 Å². The zero-order chi connectivity index (χ0) is 32.0. The highest BCUT2D eigenvalue weighted by Crippen LogP contribution is 2.36. The Kier molecular flexibility index (Phi) is 12.2. The van der Waals surface area contributed by atoms with E-state index in [0.717, 1.165) is 27.8 Å². The van der Waals surface area contributed by atoms with Crippen LogP contribution in [-0.2, 0) is 16.2 Å². The molecule has 0 aliphatic rings. The lowest BCUT2D eigenvalue weighted by Gasteiger charge is -2.21. The summed E-state index contributed by atoms with van der Waals surface area (Å²) in [6.07, 6.45) is 2.91. The number of hydrogen-bond donors (Lipinski definition) is 2. The second-order valence-corrected chi connectivity index (χ2v) is 11.0. The van der Waals surface area contributed by atoms with Crippen molar-refractivity contribution in [2.24, 2.45) is 0 Å². The molecule has 3 aromatic carbocycles. The van der Waals surface area contributed by atoms with Gasteiger partial charge in [0, 0.05) is 67.2 Å². The maximum atomic E-state index is 13.0. The third-order valence-corrected chi connectivity index (χ3v) is 7.68. The van der Waals surface area contributed by atoms with Crippen molar-refractivity contribution in [2.45, 2.75) is 13.5 Å². The van der Waals surface area contributed by atoms with Crippen molar-refractivity contribution in [1.29, 1.82) is 0 Å². The number of pyridine rings is 1. The summed E-state index contributed by atoms with van der Waals surface area (Å²) in [5.41, 5.74) is 4.77. The molecule has 3 amide bonds. The van der Waals surface area contributed by atoms with Crippen LogP contribution in [0.2, 0.25) is 10.0 Å². The minimum absolute atomic E-state index is 0. The Bertz CT molecular complexity index is 1740. The topological polar surface area (TPSA) is 104 Å². The van der Waals surface area contributed by atoms with Gasteiger partial charge in [0.1, 0.15) is 17.9 Å². The van der Waals surface area contributed by atoms with Gasteiger partial charge in [-0.3, -0.25) is 14.4 Å². The highest BCUT2D eigenvalue weighted by molar-refractivity contribution is 6.38. The fourth-order valence-corrected chi connectivity index (χ4v) is 5.08. The number of nitrogens with zero attached hydrogens (tertiary/aromatic N) is 3. The molecule has 236 valence electrons. The predicted octanol–water partition coefficient (Wildman–Crippen LogP) is 6.07. The van der Waals surface area contributed by atoms with Crippen molar-refractivity contribution in [3.05, 3.63) is 99.2 Å². The van der Waals surface area contributed by atoms with Crippen molar-refractivity contribution in [3.8, 4) is 5.75 Å². The quantitative estimate of drug-likeness (QED) is 0.199. The van der Waals surface area contributed by atoms with E-state index in [0.29, 0.717) is 27.6 Å². The van der Waals surface area contributed by atoms with E-state index in [2.05, 4.69) is 10.6 Å². The van der Waals surface area contributed by atoms with E-state index in [1.165, 1.54) is 11.0 Å². The first-order valence-corrected chi connectivity index (χ1v) is 14.5. The number of halogens is 3. The molecule has 2 N–H and O–H groups in total. The van der Waals surface area contributed by atoms with Gasteiger partial charge in [-0.15, -0.1) is 12.4 Å². The fraction of sp³-hybridized carbons (Fsp3) is 0.212. The molecule has 0 atom stereocenters. The molecule has 0 unspecified atom stereocenters. The minimum Gasteiger partial charge on any atom is -0.487 e. The van der Waals surface area contributed by atoms with Crippen LogP contribution in [0.3, 0.4) is 0 Å². The van der Waals surface area contributed by atoms with Crippen molar-refractivity contribution in [3.63, 3.8) is 0 Å². The standard InChI is InChI=1S/C33H33Cl2N5O4.ClH/c1-20-17-27(39(3)4)23-7-6-8-28(32(23)38-20)44-19-24-25(34)14-15-26(31(24)35)40(5)30(42)18-37-29(41)16-11-21-9-12-22(13-10-21)33(43)36-2;/h6-17H,18-19H2,1-5H3,(H,36,43)(H,37,41);1H/b16-11+;. The highest BCUT2D eigenvalue weighted by atomic mass is 35.5. The van der Waals surface area contributed by atoms with Crippen LogP contribution in [0.25, 0.3) is 17.0 Å². The number of anilines is 2. The first-order chi connectivity index (χ1) is 21.0. The first-order valence-electron chi connectivity index (χ1n) is 13.7. The number of para-hydroxylation sites is 1. The Morgan fingerprint density at radius 1 is 0.978 bits per heavy atom. The zero-order valence-corrected chi connectivity index (χ0v) is 27.8. The van der Waals surface area contributed by atoms with Gasteiger partial charge in [0.15, 0.2) is 0 Å². The number of nitrogens with one attached hydrogen (secondary N) is 2. The van der Waals surface area contributed by atoms with Crippen LogP contribution in [0.1, 0.15) is 27.2 Å². The molecule has 0 aliphatic carbocycles. The van der Waals surface area contributed by atoms with Crippen LogP contribution >= 0.6 is 35.6 Å². The lowest BCUT2D eigenvalue weighted by atomic mass is 10.1. The molecule has 45 heavy (non-hydrogen) atoms. The second-order valence-electron chi connectivity index (χ2n) is 10.2. The molecular formula is C33H34Cl3N5O4. The van der Waals surface area contributed by atoms with Gasteiger partial charge in [0.05, 0.1) is 17.3 Å². The molecule has 0 saturated carbocycles. The predicted molar refractivity (Wildman–Crippen MR) is 184 cm³/mol. The molecule has 1 heterocycles. The zero-order valence-electron chi connectivity index (χ0n) is 25.5. The number of likely N-dealkylation sites (N-methyl/N-ethyl adjacent to an activating group) is 1. The number of aryl methyl sites for hydroxylation is 1. The average molecular weight is 671 g/mol. The average Bonchev–Trinajstić information content (AvgIpc) is 3.01. The number of carbonyl (C=O) groups excluding carboxylic acids is 3. The summed E-state index contributed by atoms with van der Waals surface area (Å²) in [5, 5.41) is 6.73. The van der Waals surface area contributed by atoms with E-state index in [-0.39, 0.29) is 42.4 Å². The summed E-state index contributed by atoms with van der Waals surface area (Å²) in [6.45, 7) is 1.72. The summed E-state index contributed by atoms with van der Waals surface area (Å²) >= 11 is 13.3. The number of hydrogen-bond acceptors (Lipinski definition) is 6. The molecule has 9 nitrogen and oxygen atoms in total. The Labute approximate surface area is 278 Å². The normalized spacial score (nSPS) is 10.7. The van der Waals surface area contributed by atoms with E-state index in [4.69, 9.17) is 32.9 Å². The van der Waals surface area contributed by atoms with Crippen LogP contribution in [0.5, 0.6) is 5.75 Å². The largest absolute Gasteiger partial charge is 0.487 e. The smallest absolute Gasteiger partial charge is 0.251 e. The number of aromatic nitrogens is 1. The van der Waals surface area contributed by atoms with Gasteiger partial charge in [-0.25, -0.2) is 4.98 Å². The molecule has 0 aliphatic heterocycles. The summed E-state index contributed by atoms with van der Waals surface area (Å²) in [7, 11) is 7.07. The van der Waals surface area contributed by atoms with Crippen molar-refractivity contribution in [1.82, 2.24) is 15.6 Å². The van der Waals surface area contributed by atoms with Crippen LogP contribution in [0.15, 0.2) is 66.7 Å². The van der Waals surface area contributed by atoms with E-state index >= 15 is 0 Å². The molecule has 0 spiro atoms. The Morgan fingerprint density at radius 2 is 1.69 bits per heavy atom. The number of rotatable bonds is 10. The van der Waals surface area contributed by atoms with Crippen LogP contribution in [-0.4, -0.2) is 57.4 Å². The minimum atomic E-state index is -0.449. The van der Waals surface area contributed by atoms with E-state index in [9.17, 15) is 14.4 Å². The summed E-state index contributed by atoms with van der Waals surface area (Å²) < 4.78 is 6.18. The Balaban J connectivity index is 0.00000552.